The van der Waals surface area contributed by atoms with Gasteiger partial charge in [-0.15, -0.1) is 11.3 Å². The van der Waals surface area contributed by atoms with Crippen molar-refractivity contribution in [3.05, 3.63) is 40.3 Å². The third-order valence-corrected chi connectivity index (χ3v) is 4.14. The van der Waals surface area contributed by atoms with Gasteiger partial charge in [0.05, 0.1) is 19.7 Å². The molecule has 0 aliphatic carbocycles. The van der Waals surface area contributed by atoms with Crippen molar-refractivity contribution in [3.8, 4) is 11.5 Å². The van der Waals surface area contributed by atoms with Crippen LogP contribution >= 0.6 is 11.3 Å². The van der Waals surface area contributed by atoms with E-state index < -0.39 is 0 Å². The summed E-state index contributed by atoms with van der Waals surface area (Å²) in [7, 11) is 3.35. The van der Waals surface area contributed by atoms with Crippen LogP contribution in [0, 0.1) is 0 Å². The smallest absolute Gasteiger partial charge is 0.165 e. The van der Waals surface area contributed by atoms with Gasteiger partial charge in [0, 0.05) is 29.1 Å². The zero-order valence-electron chi connectivity index (χ0n) is 12.8. The van der Waals surface area contributed by atoms with Crippen molar-refractivity contribution in [2.75, 3.05) is 20.8 Å². The second-order valence-corrected chi connectivity index (χ2v) is 5.73. The molecule has 0 saturated heterocycles. The Morgan fingerprint density at radius 1 is 1.29 bits per heavy atom. The quantitative estimate of drug-likeness (QED) is 0.811. The first kappa shape index (κ1) is 15.8. The molecule has 5 heteroatoms. The SMILES string of the molecule is CCCNC(Cc1cncs1)c1cccc(OC)c1OC. The molecule has 1 heterocycles. The van der Waals surface area contributed by atoms with Gasteiger partial charge in [-0.2, -0.15) is 0 Å². The second kappa shape index (κ2) is 8.00. The molecule has 2 aromatic rings. The van der Waals surface area contributed by atoms with Crippen LogP contribution in [0.15, 0.2) is 29.9 Å². The van der Waals surface area contributed by atoms with Crippen molar-refractivity contribution in [1.82, 2.24) is 10.3 Å². The molecule has 0 fully saturated rings. The summed E-state index contributed by atoms with van der Waals surface area (Å²) in [6.45, 7) is 3.13. The lowest BCUT2D eigenvalue weighted by atomic mass is 10.0. The minimum atomic E-state index is 0.190. The molecule has 0 spiro atoms. The van der Waals surface area contributed by atoms with Gasteiger partial charge in [-0.3, -0.25) is 4.98 Å². The van der Waals surface area contributed by atoms with E-state index >= 15 is 0 Å². The average Bonchev–Trinajstić information content (AvgIpc) is 3.03. The van der Waals surface area contributed by atoms with E-state index in [0.29, 0.717) is 0 Å². The number of methoxy groups -OCH3 is 2. The lowest BCUT2D eigenvalue weighted by Crippen LogP contribution is -2.24. The molecule has 0 amide bonds. The molecule has 1 unspecified atom stereocenters. The Labute approximate surface area is 130 Å². The van der Waals surface area contributed by atoms with Crippen molar-refractivity contribution in [2.45, 2.75) is 25.8 Å². The molecule has 2 rings (SSSR count). The highest BCUT2D eigenvalue weighted by atomic mass is 32.1. The van der Waals surface area contributed by atoms with E-state index in [1.54, 1.807) is 25.6 Å². The first-order valence-electron chi connectivity index (χ1n) is 7.11. The maximum Gasteiger partial charge on any atom is 0.165 e. The van der Waals surface area contributed by atoms with E-state index in [4.69, 9.17) is 9.47 Å². The molecule has 1 aromatic carbocycles. The number of nitrogens with one attached hydrogen (secondary N) is 1. The Hall–Kier alpha value is -1.59. The van der Waals surface area contributed by atoms with Gasteiger partial charge in [-0.05, 0) is 19.0 Å². The molecule has 1 atom stereocenters. The number of para-hydroxylation sites is 1. The third-order valence-electron chi connectivity index (χ3n) is 3.34. The Kier molecular flexibility index (Phi) is 6.02. The van der Waals surface area contributed by atoms with E-state index in [2.05, 4.69) is 23.3 Å². The van der Waals surface area contributed by atoms with E-state index in [0.717, 1.165) is 36.4 Å². The molecular formula is C16H22N2O2S. The number of ether oxygens (including phenoxy) is 2. The summed E-state index contributed by atoms with van der Waals surface area (Å²) in [5.41, 5.74) is 2.99. The summed E-state index contributed by atoms with van der Waals surface area (Å²) < 4.78 is 11.0. The summed E-state index contributed by atoms with van der Waals surface area (Å²) in [5.74, 6) is 1.57. The van der Waals surface area contributed by atoms with Crippen LogP contribution in [0.1, 0.15) is 29.8 Å². The van der Waals surface area contributed by atoms with Crippen LogP contribution in [0.25, 0.3) is 0 Å². The van der Waals surface area contributed by atoms with Crippen LogP contribution in [0.2, 0.25) is 0 Å². The minimum Gasteiger partial charge on any atom is -0.493 e. The van der Waals surface area contributed by atoms with Gasteiger partial charge < -0.3 is 14.8 Å². The number of aromatic nitrogens is 1. The van der Waals surface area contributed by atoms with E-state index in [-0.39, 0.29) is 6.04 Å². The van der Waals surface area contributed by atoms with Gasteiger partial charge in [-0.25, -0.2) is 0 Å². The number of thiazole rings is 1. The fourth-order valence-electron chi connectivity index (χ4n) is 2.34. The van der Waals surface area contributed by atoms with Gasteiger partial charge >= 0.3 is 0 Å². The predicted octanol–water partition coefficient (Wildman–Crippen LogP) is 3.44. The van der Waals surface area contributed by atoms with Gasteiger partial charge in [0.2, 0.25) is 0 Å². The topological polar surface area (TPSA) is 43.4 Å². The molecule has 114 valence electrons. The largest absolute Gasteiger partial charge is 0.493 e. The molecular weight excluding hydrogens is 284 g/mol. The molecule has 21 heavy (non-hydrogen) atoms. The Morgan fingerprint density at radius 2 is 2.14 bits per heavy atom. The summed E-state index contributed by atoms with van der Waals surface area (Å²) in [5, 5.41) is 3.59. The van der Waals surface area contributed by atoms with Crippen molar-refractivity contribution < 1.29 is 9.47 Å². The maximum absolute atomic E-state index is 5.57. The highest BCUT2D eigenvalue weighted by Crippen LogP contribution is 2.36. The number of hydrogen-bond acceptors (Lipinski definition) is 5. The van der Waals surface area contributed by atoms with Crippen LogP contribution in [0.3, 0.4) is 0 Å². The van der Waals surface area contributed by atoms with Crippen molar-refractivity contribution in [3.63, 3.8) is 0 Å². The summed E-state index contributed by atoms with van der Waals surface area (Å²) in [6, 6.07) is 6.21. The standard InChI is InChI=1S/C16H22N2O2S/c1-4-8-18-14(9-12-10-17-11-21-12)13-6-5-7-15(19-2)16(13)20-3/h5-7,10-11,14,18H,4,8-9H2,1-3H3. The molecule has 0 aliphatic heterocycles. The molecule has 0 radical (unpaired) electrons. The van der Waals surface area contributed by atoms with Gasteiger partial charge in [0.25, 0.3) is 0 Å². The fraction of sp³-hybridized carbons (Fsp3) is 0.438. The van der Waals surface area contributed by atoms with Crippen molar-refractivity contribution in [1.29, 1.82) is 0 Å². The van der Waals surface area contributed by atoms with Gasteiger partial charge in [0.15, 0.2) is 11.5 Å². The number of nitrogens with zero attached hydrogens (tertiary/aromatic N) is 1. The monoisotopic (exact) mass is 306 g/mol. The summed E-state index contributed by atoms with van der Waals surface area (Å²) in [4.78, 5) is 5.42. The van der Waals surface area contributed by atoms with E-state index in [9.17, 15) is 0 Å². The lowest BCUT2D eigenvalue weighted by Gasteiger charge is -2.22. The molecule has 1 N–H and O–H groups in total. The van der Waals surface area contributed by atoms with E-state index in [1.165, 1.54) is 4.88 Å². The zero-order valence-corrected chi connectivity index (χ0v) is 13.6. The first-order valence-corrected chi connectivity index (χ1v) is 7.99. The molecule has 4 nitrogen and oxygen atoms in total. The van der Waals surface area contributed by atoms with E-state index in [1.807, 2.05) is 23.8 Å². The average molecular weight is 306 g/mol. The van der Waals surface area contributed by atoms with Crippen LogP contribution < -0.4 is 14.8 Å². The number of hydrogen-bond donors (Lipinski definition) is 1. The minimum absolute atomic E-state index is 0.190. The van der Waals surface area contributed by atoms with Gasteiger partial charge in [0.1, 0.15) is 0 Å². The predicted molar refractivity (Wildman–Crippen MR) is 86.4 cm³/mol. The highest BCUT2D eigenvalue weighted by Gasteiger charge is 2.19. The normalized spacial score (nSPS) is 12.1. The zero-order chi connectivity index (χ0) is 15.1. The second-order valence-electron chi connectivity index (χ2n) is 4.76. The van der Waals surface area contributed by atoms with Crippen molar-refractivity contribution >= 4 is 11.3 Å². The Bertz CT molecular complexity index is 543. The van der Waals surface area contributed by atoms with Crippen LogP contribution in [-0.4, -0.2) is 25.7 Å². The van der Waals surface area contributed by atoms with Crippen LogP contribution in [0.5, 0.6) is 11.5 Å². The first-order chi connectivity index (χ1) is 10.3. The Morgan fingerprint density at radius 3 is 2.76 bits per heavy atom. The third kappa shape index (κ3) is 3.95. The fourth-order valence-corrected chi connectivity index (χ4v) is 2.98. The number of rotatable bonds is 8. The highest BCUT2D eigenvalue weighted by molar-refractivity contribution is 7.09. The van der Waals surface area contributed by atoms with Crippen molar-refractivity contribution in [2.24, 2.45) is 0 Å². The lowest BCUT2D eigenvalue weighted by molar-refractivity contribution is 0.346. The van der Waals surface area contributed by atoms with Crippen LogP contribution in [-0.2, 0) is 6.42 Å². The molecule has 1 aromatic heterocycles. The number of benzene rings is 1. The molecule has 0 saturated carbocycles. The molecule has 0 aliphatic rings. The summed E-state index contributed by atoms with van der Waals surface area (Å²) in [6.07, 6.45) is 3.91. The Balaban J connectivity index is 2.31. The maximum atomic E-state index is 5.57. The molecule has 0 bridgehead atoms. The summed E-state index contributed by atoms with van der Waals surface area (Å²) >= 11 is 1.68. The van der Waals surface area contributed by atoms with Gasteiger partial charge in [-0.1, -0.05) is 19.1 Å². The van der Waals surface area contributed by atoms with Crippen LogP contribution in [0.4, 0.5) is 0 Å².